The van der Waals surface area contributed by atoms with E-state index in [2.05, 4.69) is 24.4 Å². The van der Waals surface area contributed by atoms with E-state index < -0.39 is 0 Å². The first-order valence-electron chi connectivity index (χ1n) is 6.96. The number of hydrogen-bond acceptors (Lipinski definition) is 2. The molecule has 2 aromatic rings. The Morgan fingerprint density at radius 3 is 2.43 bits per heavy atom. The maximum Gasteiger partial charge on any atom is 0.138 e. The molecule has 0 amide bonds. The molecule has 0 fully saturated rings. The number of nitrogens with one attached hydrogen (secondary N) is 1. The summed E-state index contributed by atoms with van der Waals surface area (Å²) in [6.07, 6.45) is 0.00911. The minimum Gasteiger partial charge on any atom is -0.488 e. The molecule has 4 heteroatoms. The predicted octanol–water partition coefficient (Wildman–Crippen LogP) is 5.11. The number of ether oxygens (including phenoxy) is 1. The lowest BCUT2D eigenvalue weighted by molar-refractivity contribution is 0.213. The van der Waals surface area contributed by atoms with Crippen molar-refractivity contribution >= 4 is 23.2 Å². The molecule has 0 heterocycles. The maximum atomic E-state index is 6.10. The lowest BCUT2D eigenvalue weighted by atomic mass is 10.1. The van der Waals surface area contributed by atoms with Crippen LogP contribution in [0.15, 0.2) is 48.5 Å². The Bertz CT molecular complexity index is 574. The van der Waals surface area contributed by atoms with Crippen LogP contribution in [0, 0.1) is 0 Å². The highest BCUT2D eigenvalue weighted by Gasteiger charge is 2.10. The van der Waals surface area contributed by atoms with Crippen LogP contribution in [0.5, 0.6) is 5.75 Å². The summed E-state index contributed by atoms with van der Waals surface area (Å²) in [4.78, 5) is 0. The van der Waals surface area contributed by atoms with Gasteiger partial charge in [-0.3, -0.25) is 0 Å². The second-order valence-corrected chi connectivity index (χ2v) is 5.89. The van der Waals surface area contributed by atoms with Crippen molar-refractivity contribution in [2.45, 2.75) is 26.0 Å². The van der Waals surface area contributed by atoms with Crippen LogP contribution < -0.4 is 10.1 Å². The van der Waals surface area contributed by atoms with Crippen molar-refractivity contribution in [3.8, 4) is 5.75 Å². The summed E-state index contributed by atoms with van der Waals surface area (Å²) in [5.74, 6) is 0.655. The zero-order valence-corrected chi connectivity index (χ0v) is 13.7. The van der Waals surface area contributed by atoms with Crippen LogP contribution in [0.4, 0.5) is 0 Å². The summed E-state index contributed by atoms with van der Waals surface area (Å²) in [6.45, 7) is 4.88. The minimum atomic E-state index is 0.00911. The fourth-order valence-corrected chi connectivity index (χ4v) is 2.48. The molecular weight excluding hydrogens is 305 g/mol. The zero-order valence-electron chi connectivity index (χ0n) is 12.1. The number of hydrogen-bond donors (Lipinski definition) is 1. The first kappa shape index (κ1) is 16.2. The average Bonchev–Trinajstić information content (AvgIpc) is 2.48. The highest BCUT2D eigenvalue weighted by molar-refractivity contribution is 6.35. The second-order valence-electron chi connectivity index (χ2n) is 5.04. The molecule has 0 aliphatic rings. The lowest BCUT2D eigenvalue weighted by Crippen LogP contribution is -2.30. The van der Waals surface area contributed by atoms with Gasteiger partial charge in [-0.25, -0.2) is 0 Å². The van der Waals surface area contributed by atoms with E-state index in [1.165, 1.54) is 5.56 Å². The van der Waals surface area contributed by atoms with Gasteiger partial charge in [-0.15, -0.1) is 0 Å². The van der Waals surface area contributed by atoms with Crippen molar-refractivity contribution in [2.24, 2.45) is 0 Å². The molecule has 0 aliphatic heterocycles. The summed E-state index contributed by atoms with van der Waals surface area (Å²) in [5, 5.41) is 4.60. The molecule has 0 aliphatic carbocycles. The van der Waals surface area contributed by atoms with E-state index in [1.54, 1.807) is 18.2 Å². The van der Waals surface area contributed by atoms with Crippen LogP contribution in [0.25, 0.3) is 0 Å². The van der Waals surface area contributed by atoms with Gasteiger partial charge in [-0.1, -0.05) is 53.5 Å². The van der Waals surface area contributed by atoms with Gasteiger partial charge in [0.15, 0.2) is 0 Å². The van der Waals surface area contributed by atoms with Crippen LogP contribution in [0.2, 0.25) is 10.0 Å². The van der Waals surface area contributed by atoms with Crippen molar-refractivity contribution in [3.63, 3.8) is 0 Å². The fraction of sp³-hybridized carbons (Fsp3) is 0.294. The highest BCUT2D eigenvalue weighted by atomic mass is 35.5. The van der Waals surface area contributed by atoms with E-state index >= 15 is 0 Å². The third kappa shape index (κ3) is 4.92. The van der Waals surface area contributed by atoms with Crippen molar-refractivity contribution in [1.82, 2.24) is 5.32 Å². The van der Waals surface area contributed by atoms with E-state index in [9.17, 15) is 0 Å². The summed E-state index contributed by atoms with van der Waals surface area (Å²) in [7, 11) is 0. The van der Waals surface area contributed by atoms with Gasteiger partial charge in [-0.05, 0) is 37.6 Å². The SMILES string of the molecule is CC(CNC(C)c1ccccc1)Oc1ccc(Cl)cc1Cl. The Morgan fingerprint density at radius 1 is 1.05 bits per heavy atom. The Kier molecular flexibility index (Phi) is 5.92. The van der Waals surface area contributed by atoms with Gasteiger partial charge in [0.05, 0.1) is 5.02 Å². The van der Waals surface area contributed by atoms with Gasteiger partial charge in [0, 0.05) is 17.6 Å². The predicted molar refractivity (Wildman–Crippen MR) is 89.4 cm³/mol. The van der Waals surface area contributed by atoms with Gasteiger partial charge >= 0.3 is 0 Å². The van der Waals surface area contributed by atoms with E-state index in [0.29, 0.717) is 15.8 Å². The molecule has 112 valence electrons. The molecule has 2 rings (SSSR count). The Labute approximate surface area is 136 Å². The van der Waals surface area contributed by atoms with Gasteiger partial charge < -0.3 is 10.1 Å². The monoisotopic (exact) mass is 323 g/mol. The van der Waals surface area contributed by atoms with Crippen LogP contribution >= 0.6 is 23.2 Å². The molecule has 2 nitrogen and oxygen atoms in total. The average molecular weight is 324 g/mol. The Morgan fingerprint density at radius 2 is 1.76 bits per heavy atom. The van der Waals surface area contributed by atoms with Crippen LogP contribution in [-0.4, -0.2) is 12.6 Å². The first-order valence-corrected chi connectivity index (χ1v) is 7.72. The highest BCUT2D eigenvalue weighted by Crippen LogP contribution is 2.28. The summed E-state index contributed by atoms with van der Waals surface area (Å²) in [5.41, 5.74) is 1.26. The number of benzene rings is 2. The standard InChI is InChI=1S/C17H19Cl2NO/c1-12(21-17-9-8-15(18)10-16(17)19)11-20-13(2)14-6-4-3-5-7-14/h3-10,12-13,20H,11H2,1-2H3. The lowest BCUT2D eigenvalue weighted by Gasteiger charge is -2.20. The number of rotatable bonds is 6. The molecule has 0 bridgehead atoms. The normalized spacial score (nSPS) is 13.7. The third-order valence-electron chi connectivity index (χ3n) is 3.23. The van der Waals surface area contributed by atoms with Crippen molar-refractivity contribution in [1.29, 1.82) is 0 Å². The van der Waals surface area contributed by atoms with Gasteiger partial charge in [0.25, 0.3) is 0 Å². The van der Waals surface area contributed by atoms with Gasteiger partial charge in [0.1, 0.15) is 11.9 Å². The quantitative estimate of drug-likeness (QED) is 0.797. The van der Waals surface area contributed by atoms with Crippen molar-refractivity contribution < 1.29 is 4.74 Å². The van der Waals surface area contributed by atoms with E-state index in [4.69, 9.17) is 27.9 Å². The van der Waals surface area contributed by atoms with Crippen LogP contribution in [0.1, 0.15) is 25.5 Å². The van der Waals surface area contributed by atoms with Crippen LogP contribution in [-0.2, 0) is 0 Å². The van der Waals surface area contributed by atoms with Gasteiger partial charge in [0.2, 0.25) is 0 Å². The molecule has 21 heavy (non-hydrogen) atoms. The second kappa shape index (κ2) is 7.69. The van der Waals surface area contributed by atoms with Crippen molar-refractivity contribution in [2.75, 3.05) is 6.54 Å². The topological polar surface area (TPSA) is 21.3 Å². The van der Waals surface area contributed by atoms with E-state index in [1.807, 2.05) is 25.1 Å². The van der Waals surface area contributed by atoms with Gasteiger partial charge in [-0.2, -0.15) is 0 Å². The zero-order chi connectivity index (χ0) is 15.2. The molecule has 2 aromatic carbocycles. The summed E-state index contributed by atoms with van der Waals surface area (Å²) in [6, 6.07) is 15.9. The third-order valence-corrected chi connectivity index (χ3v) is 3.76. The molecular formula is C17H19Cl2NO. The molecule has 0 spiro atoms. The molecule has 0 aromatic heterocycles. The molecule has 0 saturated heterocycles. The van der Waals surface area contributed by atoms with E-state index in [0.717, 1.165) is 6.54 Å². The molecule has 2 unspecified atom stereocenters. The summed E-state index contributed by atoms with van der Waals surface area (Å²) >= 11 is 12.0. The Balaban J connectivity index is 1.86. The maximum absolute atomic E-state index is 6.10. The smallest absolute Gasteiger partial charge is 0.138 e. The Hall–Kier alpha value is -1.22. The first-order chi connectivity index (χ1) is 10.1. The van der Waals surface area contributed by atoms with E-state index in [-0.39, 0.29) is 12.1 Å². The molecule has 2 atom stereocenters. The molecule has 0 radical (unpaired) electrons. The fourth-order valence-electron chi connectivity index (χ4n) is 2.03. The van der Waals surface area contributed by atoms with Crippen molar-refractivity contribution in [3.05, 3.63) is 64.1 Å². The molecule has 0 saturated carbocycles. The summed E-state index contributed by atoms with van der Waals surface area (Å²) < 4.78 is 5.83. The largest absolute Gasteiger partial charge is 0.488 e. The minimum absolute atomic E-state index is 0.00911. The molecule has 1 N–H and O–H groups in total. The number of halogens is 2. The van der Waals surface area contributed by atoms with Crippen LogP contribution in [0.3, 0.4) is 0 Å².